The number of hydrogen-bond acceptors (Lipinski definition) is 6. The normalized spacial score (nSPS) is 11.2. The molecule has 0 aliphatic rings. The summed E-state index contributed by atoms with van der Waals surface area (Å²) in [5.41, 5.74) is 0.255. The number of anilines is 1. The standard InChI is InChI=1S/C21H29N3O5S/c1-23(2)14-8-13-22-21(25)16-24(30(26,27)18-9-6-5-7-10-18)19-12-11-17(28-3)15-20(19)29-4/h5-7,9-12,15H,8,13-14,16H2,1-4H3,(H,22,25). The summed E-state index contributed by atoms with van der Waals surface area (Å²) in [5, 5.41) is 2.78. The largest absolute Gasteiger partial charge is 0.497 e. The summed E-state index contributed by atoms with van der Waals surface area (Å²) in [4.78, 5) is 14.7. The van der Waals surface area contributed by atoms with Crippen molar-refractivity contribution in [2.45, 2.75) is 11.3 Å². The predicted octanol–water partition coefficient (Wildman–Crippen LogP) is 1.97. The fraction of sp³-hybridized carbons (Fsp3) is 0.381. The van der Waals surface area contributed by atoms with Crippen LogP contribution < -0.4 is 19.1 Å². The lowest BCUT2D eigenvalue weighted by Gasteiger charge is -2.26. The Morgan fingerprint density at radius 1 is 1.03 bits per heavy atom. The van der Waals surface area contributed by atoms with E-state index in [2.05, 4.69) is 5.32 Å². The third kappa shape index (κ3) is 6.11. The molecule has 30 heavy (non-hydrogen) atoms. The number of carbonyl (C=O) groups is 1. The highest BCUT2D eigenvalue weighted by atomic mass is 32.2. The van der Waals surface area contributed by atoms with Gasteiger partial charge in [0.05, 0.1) is 24.8 Å². The Balaban J connectivity index is 2.36. The molecule has 0 aromatic heterocycles. The summed E-state index contributed by atoms with van der Waals surface area (Å²) < 4.78 is 38.4. The number of carbonyl (C=O) groups excluding carboxylic acids is 1. The Hall–Kier alpha value is -2.78. The van der Waals surface area contributed by atoms with Crippen molar-refractivity contribution in [3.63, 3.8) is 0 Å². The molecular weight excluding hydrogens is 406 g/mol. The topological polar surface area (TPSA) is 88.2 Å². The van der Waals surface area contributed by atoms with Gasteiger partial charge in [0, 0.05) is 12.6 Å². The van der Waals surface area contributed by atoms with E-state index in [1.54, 1.807) is 36.4 Å². The van der Waals surface area contributed by atoms with Crippen LogP contribution in [0.5, 0.6) is 11.5 Å². The van der Waals surface area contributed by atoms with Gasteiger partial charge in [0.2, 0.25) is 5.91 Å². The van der Waals surface area contributed by atoms with Gasteiger partial charge in [0.1, 0.15) is 18.0 Å². The molecule has 0 heterocycles. The van der Waals surface area contributed by atoms with Gasteiger partial charge in [-0.2, -0.15) is 0 Å². The Morgan fingerprint density at radius 3 is 2.33 bits per heavy atom. The molecule has 0 atom stereocenters. The van der Waals surface area contributed by atoms with Gasteiger partial charge in [-0.15, -0.1) is 0 Å². The minimum Gasteiger partial charge on any atom is -0.497 e. The summed E-state index contributed by atoms with van der Waals surface area (Å²) in [6, 6.07) is 12.8. The Morgan fingerprint density at radius 2 is 1.73 bits per heavy atom. The van der Waals surface area contributed by atoms with E-state index in [9.17, 15) is 13.2 Å². The fourth-order valence-corrected chi connectivity index (χ4v) is 4.27. The van der Waals surface area contributed by atoms with Gasteiger partial charge in [-0.3, -0.25) is 9.10 Å². The van der Waals surface area contributed by atoms with Crippen LogP contribution in [0.1, 0.15) is 6.42 Å². The molecule has 164 valence electrons. The van der Waals surface area contributed by atoms with Gasteiger partial charge in [0.25, 0.3) is 10.0 Å². The average molecular weight is 436 g/mol. The number of nitrogens with zero attached hydrogens (tertiary/aromatic N) is 2. The maximum absolute atomic E-state index is 13.4. The van der Waals surface area contributed by atoms with E-state index < -0.39 is 15.9 Å². The van der Waals surface area contributed by atoms with Crippen molar-refractivity contribution in [1.82, 2.24) is 10.2 Å². The molecule has 0 spiro atoms. The lowest BCUT2D eigenvalue weighted by molar-refractivity contribution is -0.119. The third-order valence-electron chi connectivity index (χ3n) is 4.38. The molecule has 2 aromatic carbocycles. The first-order valence-corrected chi connectivity index (χ1v) is 10.9. The predicted molar refractivity (Wildman–Crippen MR) is 117 cm³/mol. The maximum Gasteiger partial charge on any atom is 0.264 e. The van der Waals surface area contributed by atoms with Crippen molar-refractivity contribution < 1.29 is 22.7 Å². The average Bonchev–Trinajstić information content (AvgIpc) is 2.75. The van der Waals surface area contributed by atoms with E-state index >= 15 is 0 Å². The molecule has 1 N–H and O–H groups in total. The number of nitrogens with one attached hydrogen (secondary N) is 1. The quantitative estimate of drug-likeness (QED) is 0.543. The molecule has 2 aromatic rings. The second-order valence-corrected chi connectivity index (χ2v) is 8.73. The Kier molecular flexibility index (Phi) is 8.49. The highest BCUT2D eigenvalue weighted by molar-refractivity contribution is 7.92. The molecular formula is C21H29N3O5S. The molecule has 0 bridgehead atoms. The maximum atomic E-state index is 13.4. The SMILES string of the molecule is COc1ccc(N(CC(=O)NCCCN(C)C)S(=O)(=O)c2ccccc2)c(OC)c1. The number of rotatable bonds is 11. The summed E-state index contributed by atoms with van der Waals surface area (Å²) in [6.45, 7) is 0.899. The number of benzene rings is 2. The highest BCUT2D eigenvalue weighted by Gasteiger charge is 2.29. The molecule has 1 amide bonds. The zero-order valence-corrected chi connectivity index (χ0v) is 18.6. The van der Waals surface area contributed by atoms with Crippen LogP contribution in [0.4, 0.5) is 5.69 Å². The molecule has 0 saturated heterocycles. The van der Waals surface area contributed by atoms with Gasteiger partial charge in [-0.1, -0.05) is 18.2 Å². The Bertz CT molecular complexity index is 933. The fourth-order valence-electron chi connectivity index (χ4n) is 2.82. The summed E-state index contributed by atoms with van der Waals surface area (Å²) >= 11 is 0. The van der Waals surface area contributed by atoms with Crippen LogP contribution in [0.2, 0.25) is 0 Å². The van der Waals surface area contributed by atoms with Gasteiger partial charge in [-0.25, -0.2) is 8.42 Å². The van der Waals surface area contributed by atoms with Crippen molar-refractivity contribution in [2.24, 2.45) is 0 Å². The smallest absolute Gasteiger partial charge is 0.264 e. The number of sulfonamides is 1. The molecule has 0 unspecified atom stereocenters. The number of methoxy groups -OCH3 is 2. The van der Waals surface area contributed by atoms with E-state index in [0.29, 0.717) is 12.3 Å². The van der Waals surface area contributed by atoms with Crippen LogP contribution in [-0.4, -0.2) is 67.2 Å². The van der Waals surface area contributed by atoms with E-state index in [1.165, 1.54) is 26.4 Å². The molecule has 9 heteroatoms. The lowest BCUT2D eigenvalue weighted by atomic mass is 10.2. The monoisotopic (exact) mass is 435 g/mol. The number of hydrogen-bond donors (Lipinski definition) is 1. The molecule has 0 saturated carbocycles. The highest BCUT2D eigenvalue weighted by Crippen LogP contribution is 2.35. The van der Waals surface area contributed by atoms with Crippen LogP contribution in [0.3, 0.4) is 0 Å². The first-order valence-electron chi connectivity index (χ1n) is 9.51. The summed E-state index contributed by atoms with van der Waals surface area (Å²) in [7, 11) is 2.84. The zero-order valence-electron chi connectivity index (χ0n) is 17.8. The van der Waals surface area contributed by atoms with Gasteiger partial charge < -0.3 is 19.7 Å². The zero-order chi connectivity index (χ0) is 22.1. The number of ether oxygens (including phenoxy) is 2. The summed E-state index contributed by atoms with van der Waals surface area (Å²) in [5.74, 6) is 0.404. The minimum atomic E-state index is -4.00. The van der Waals surface area contributed by atoms with Crippen molar-refractivity contribution in [1.29, 1.82) is 0 Å². The Labute approximate surface area is 178 Å². The van der Waals surface area contributed by atoms with Gasteiger partial charge in [-0.05, 0) is 51.3 Å². The lowest BCUT2D eigenvalue weighted by Crippen LogP contribution is -2.41. The van der Waals surface area contributed by atoms with Crippen molar-refractivity contribution in [3.05, 3.63) is 48.5 Å². The van der Waals surface area contributed by atoms with Crippen LogP contribution in [0.25, 0.3) is 0 Å². The molecule has 0 fully saturated rings. The third-order valence-corrected chi connectivity index (χ3v) is 6.15. The van der Waals surface area contributed by atoms with Gasteiger partial charge >= 0.3 is 0 Å². The molecule has 2 rings (SSSR count). The van der Waals surface area contributed by atoms with Crippen molar-refractivity contribution in [2.75, 3.05) is 52.3 Å². The van der Waals surface area contributed by atoms with Crippen LogP contribution >= 0.6 is 0 Å². The van der Waals surface area contributed by atoms with E-state index in [4.69, 9.17) is 9.47 Å². The van der Waals surface area contributed by atoms with E-state index in [0.717, 1.165) is 17.3 Å². The first kappa shape index (κ1) is 23.5. The van der Waals surface area contributed by atoms with E-state index in [-0.39, 0.29) is 22.9 Å². The van der Waals surface area contributed by atoms with E-state index in [1.807, 2.05) is 19.0 Å². The molecule has 0 aliphatic carbocycles. The second kappa shape index (κ2) is 10.8. The first-order chi connectivity index (χ1) is 14.3. The van der Waals surface area contributed by atoms with Crippen LogP contribution in [-0.2, 0) is 14.8 Å². The van der Waals surface area contributed by atoms with Crippen molar-refractivity contribution >= 4 is 21.6 Å². The number of amides is 1. The molecule has 0 radical (unpaired) electrons. The van der Waals surface area contributed by atoms with Crippen molar-refractivity contribution in [3.8, 4) is 11.5 Å². The molecule has 0 aliphatic heterocycles. The minimum absolute atomic E-state index is 0.0864. The van der Waals surface area contributed by atoms with Gasteiger partial charge in [0.15, 0.2) is 0 Å². The second-order valence-electron chi connectivity index (χ2n) is 6.87. The van der Waals surface area contributed by atoms with Crippen LogP contribution in [0.15, 0.2) is 53.4 Å². The van der Waals surface area contributed by atoms with Crippen LogP contribution in [0, 0.1) is 0 Å². The molecule has 8 nitrogen and oxygen atoms in total. The summed E-state index contributed by atoms with van der Waals surface area (Å²) in [6.07, 6.45) is 0.760.